The van der Waals surface area contributed by atoms with Crippen molar-refractivity contribution in [3.63, 3.8) is 0 Å². The van der Waals surface area contributed by atoms with Crippen molar-refractivity contribution in [3.8, 4) is 11.1 Å². The number of thiocarbonyl (C=S) groups is 1. The third-order valence-corrected chi connectivity index (χ3v) is 5.13. The van der Waals surface area contributed by atoms with E-state index in [1.165, 1.54) is 22.3 Å². The van der Waals surface area contributed by atoms with E-state index in [0.29, 0.717) is 0 Å². The molecule has 0 atom stereocenters. The lowest BCUT2D eigenvalue weighted by Gasteiger charge is -2.01. The average Bonchev–Trinajstić information content (AvgIpc) is 2.85. The zero-order valence-electron chi connectivity index (χ0n) is 17.2. The summed E-state index contributed by atoms with van der Waals surface area (Å²) in [5.74, 6) is 0. The number of allylic oxidation sites excluding steroid dienone is 1. The predicted octanol–water partition coefficient (Wildman–Crippen LogP) is 8.03. The molecule has 0 N–H and O–H groups in total. The average molecular weight is 407 g/mol. The highest BCUT2D eigenvalue weighted by molar-refractivity contribution is 7.81. The molecule has 0 saturated heterocycles. The molecule has 0 aromatic heterocycles. The minimum Gasteiger partial charge on any atom is -0.0795 e. The van der Waals surface area contributed by atoms with Crippen molar-refractivity contribution in [2.75, 3.05) is 0 Å². The standard InChI is InChI=1S/C17H16S.C12H10/c1-2-14-8-11-16(12-9-14)17(18)13-10-15-6-4-3-5-7-15;1-3-7-11(8-4-1)12-9-5-2-6-10-12/h3-13H,2H2,1H3;1-10H. The highest BCUT2D eigenvalue weighted by atomic mass is 32.1. The van der Waals surface area contributed by atoms with Gasteiger partial charge in [0.05, 0.1) is 0 Å². The van der Waals surface area contributed by atoms with Crippen LogP contribution < -0.4 is 0 Å². The molecule has 0 aliphatic rings. The highest BCUT2D eigenvalue weighted by Gasteiger charge is 1.97. The van der Waals surface area contributed by atoms with E-state index in [-0.39, 0.29) is 0 Å². The molecule has 30 heavy (non-hydrogen) atoms. The molecular weight excluding hydrogens is 380 g/mol. The van der Waals surface area contributed by atoms with E-state index in [4.69, 9.17) is 12.2 Å². The van der Waals surface area contributed by atoms with Gasteiger partial charge in [-0.05, 0) is 40.3 Å². The summed E-state index contributed by atoms with van der Waals surface area (Å²) < 4.78 is 0. The monoisotopic (exact) mass is 406 g/mol. The van der Waals surface area contributed by atoms with Gasteiger partial charge in [-0.1, -0.05) is 140 Å². The Morgan fingerprint density at radius 2 is 1.10 bits per heavy atom. The van der Waals surface area contributed by atoms with Gasteiger partial charge in [0.1, 0.15) is 0 Å². The first-order chi connectivity index (χ1) is 14.8. The van der Waals surface area contributed by atoms with Gasteiger partial charge in [0.15, 0.2) is 0 Å². The third kappa shape index (κ3) is 6.65. The summed E-state index contributed by atoms with van der Waals surface area (Å²) in [6.07, 6.45) is 5.11. The Labute approximate surface area is 185 Å². The first-order valence-corrected chi connectivity index (χ1v) is 10.6. The molecule has 1 heteroatoms. The van der Waals surface area contributed by atoms with E-state index in [2.05, 4.69) is 97.9 Å². The summed E-state index contributed by atoms with van der Waals surface area (Å²) >= 11 is 5.41. The van der Waals surface area contributed by atoms with Crippen LogP contribution in [0.5, 0.6) is 0 Å². The van der Waals surface area contributed by atoms with Crippen LogP contribution in [0.4, 0.5) is 0 Å². The van der Waals surface area contributed by atoms with Crippen molar-refractivity contribution in [1.82, 2.24) is 0 Å². The van der Waals surface area contributed by atoms with Crippen LogP contribution in [0.25, 0.3) is 17.2 Å². The van der Waals surface area contributed by atoms with Gasteiger partial charge in [-0.2, -0.15) is 0 Å². The molecule has 0 bridgehead atoms. The van der Waals surface area contributed by atoms with Crippen LogP contribution in [0.3, 0.4) is 0 Å². The molecule has 148 valence electrons. The summed E-state index contributed by atoms with van der Waals surface area (Å²) in [6, 6.07) is 39.4. The number of benzene rings is 4. The Morgan fingerprint density at radius 3 is 1.57 bits per heavy atom. The first-order valence-electron chi connectivity index (χ1n) is 10.2. The number of rotatable bonds is 5. The van der Waals surface area contributed by atoms with Gasteiger partial charge < -0.3 is 0 Å². The molecule has 0 unspecified atom stereocenters. The van der Waals surface area contributed by atoms with Crippen molar-refractivity contribution in [2.24, 2.45) is 0 Å². The maximum Gasteiger partial charge on any atom is 0.0449 e. The van der Waals surface area contributed by atoms with Gasteiger partial charge in [-0.3, -0.25) is 0 Å². The van der Waals surface area contributed by atoms with Gasteiger partial charge >= 0.3 is 0 Å². The summed E-state index contributed by atoms with van der Waals surface area (Å²) in [4.78, 5) is 0.876. The molecule has 4 aromatic rings. The van der Waals surface area contributed by atoms with Crippen molar-refractivity contribution in [1.29, 1.82) is 0 Å². The molecule has 0 heterocycles. The number of hydrogen-bond donors (Lipinski definition) is 0. The smallest absolute Gasteiger partial charge is 0.0449 e. The second-order valence-corrected chi connectivity index (χ2v) is 7.33. The van der Waals surface area contributed by atoms with Crippen LogP contribution in [-0.2, 0) is 6.42 Å². The SMILES string of the molecule is CCc1ccc(C(=S)C=Cc2ccccc2)cc1.c1ccc(-c2ccccc2)cc1. The second kappa shape index (κ2) is 11.6. The summed E-state index contributed by atoms with van der Waals surface area (Å²) in [5.41, 5.74) is 6.17. The fourth-order valence-electron chi connectivity index (χ4n) is 3.00. The molecule has 0 radical (unpaired) electrons. The zero-order chi connectivity index (χ0) is 21.0. The fourth-order valence-corrected chi connectivity index (χ4v) is 3.20. The maximum atomic E-state index is 5.41. The normalized spacial score (nSPS) is 10.3. The lowest BCUT2D eigenvalue weighted by molar-refractivity contribution is 1.14. The Morgan fingerprint density at radius 1 is 0.633 bits per heavy atom. The van der Waals surface area contributed by atoms with E-state index in [1.807, 2.05) is 36.4 Å². The summed E-state index contributed by atoms with van der Waals surface area (Å²) in [7, 11) is 0. The van der Waals surface area contributed by atoms with Crippen molar-refractivity contribution < 1.29 is 0 Å². The predicted molar refractivity (Wildman–Crippen MR) is 135 cm³/mol. The largest absolute Gasteiger partial charge is 0.0795 e. The van der Waals surface area contributed by atoms with Crippen LogP contribution in [-0.4, -0.2) is 4.86 Å². The quantitative estimate of drug-likeness (QED) is 0.184. The molecule has 0 aliphatic heterocycles. The Hall–Kier alpha value is -3.29. The van der Waals surface area contributed by atoms with Crippen LogP contribution in [0.2, 0.25) is 0 Å². The third-order valence-electron chi connectivity index (χ3n) is 4.75. The molecule has 4 aromatic carbocycles. The van der Waals surface area contributed by atoms with E-state index >= 15 is 0 Å². The summed E-state index contributed by atoms with van der Waals surface area (Å²) in [6.45, 7) is 2.16. The van der Waals surface area contributed by atoms with E-state index < -0.39 is 0 Å². The molecule has 0 amide bonds. The van der Waals surface area contributed by atoms with Gasteiger partial charge in [0.25, 0.3) is 0 Å². The molecule has 0 fully saturated rings. The van der Waals surface area contributed by atoms with Gasteiger partial charge in [0, 0.05) is 4.86 Å². The second-order valence-electron chi connectivity index (χ2n) is 6.89. The minimum absolute atomic E-state index is 0.876. The lowest BCUT2D eigenvalue weighted by atomic mass is 10.1. The Bertz CT molecular complexity index is 1010. The van der Waals surface area contributed by atoms with E-state index in [1.54, 1.807) is 0 Å². The topological polar surface area (TPSA) is 0 Å². The molecule has 0 aliphatic carbocycles. The van der Waals surface area contributed by atoms with Crippen molar-refractivity contribution >= 4 is 23.2 Å². The zero-order valence-corrected chi connectivity index (χ0v) is 18.1. The van der Waals surface area contributed by atoms with Crippen LogP contribution >= 0.6 is 12.2 Å². The summed E-state index contributed by atoms with van der Waals surface area (Å²) in [5, 5.41) is 0. The Balaban J connectivity index is 0.000000184. The van der Waals surface area contributed by atoms with Crippen LogP contribution in [0, 0.1) is 0 Å². The van der Waals surface area contributed by atoms with Gasteiger partial charge in [0.2, 0.25) is 0 Å². The van der Waals surface area contributed by atoms with E-state index in [9.17, 15) is 0 Å². The molecule has 0 nitrogen and oxygen atoms in total. The van der Waals surface area contributed by atoms with Crippen LogP contribution in [0.1, 0.15) is 23.6 Å². The van der Waals surface area contributed by atoms with Gasteiger partial charge in [-0.25, -0.2) is 0 Å². The number of hydrogen-bond acceptors (Lipinski definition) is 1. The molecule has 0 saturated carbocycles. The maximum absolute atomic E-state index is 5.41. The molecular formula is C29H26S. The minimum atomic E-state index is 0.876. The molecule has 0 spiro atoms. The van der Waals surface area contributed by atoms with E-state index in [0.717, 1.165) is 16.8 Å². The lowest BCUT2D eigenvalue weighted by Crippen LogP contribution is -1.92. The van der Waals surface area contributed by atoms with Crippen molar-refractivity contribution in [3.05, 3.63) is 138 Å². The molecule has 4 rings (SSSR count). The highest BCUT2D eigenvalue weighted by Crippen LogP contribution is 2.17. The Kier molecular flexibility index (Phi) is 8.32. The first kappa shape index (κ1) is 21.4. The number of aryl methyl sites for hydroxylation is 1. The van der Waals surface area contributed by atoms with Crippen molar-refractivity contribution in [2.45, 2.75) is 13.3 Å². The fraction of sp³-hybridized carbons (Fsp3) is 0.0690. The van der Waals surface area contributed by atoms with Crippen LogP contribution in [0.15, 0.2) is 121 Å². The van der Waals surface area contributed by atoms with Gasteiger partial charge in [-0.15, -0.1) is 0 Å².